The number of aromatic nitrogens is 2. The molecule has 1 radical (unpaired) electrons. The van der Waals surface area contributed by atoms with E-state index in [2.05, 4.69) is 25.0 Å². The normalized spacial score (nSPS) is 10.8. The van der Waals surface area contributed by atoms with Gasteiger partial charge >= 0.3 is 0 Å². The van der Waals surface area contributed by atoms with Gasteiger partial charge in [0.15, 0.2) is 0 Å². The summed E-state index contributed by atoms with van der Waals surface area (Å²) >= 11 is 0. The number of hydrogen-bond acceptors (Lipinski definition) is 1. The van der Waals surface area contributed by atoms with Crippen molar-refractivity contribution >= 4 is 0 Å². The number of benzene rings is 1. The topological polar surface area (TPSA) is 17.8 Å². The molecule has 0 fully saturated rings. The van der Waals surface area contributed by atoms with Gasteiger partial charge in [-0.3, -0.25) is 4.68 Å². The zero-order valence-electron chi connectivity index (χ0n) is 8.44. The second-order valence-corrected chi connectivity index (χ2v) is 3.56. The maximum Gasteiger partial charge on any atom is 0.0923 e. The molecule has 0 aliphatic heterocycles. The van der Waals surface area contributed by atoms with E-state index in [0.717, 1.165) is 11.3 Å². The zero-order valence-corrected chi connectivity index (χ0v) is 8.44. The molecule has 0 aliphatic rings. The summed E-state index contributed by atoms with van der Waals surface area (Å²) in [4.78, 5) is 0. The van der Waals surface area contributed by atoms with E-state index in [4.69, 9.17) is 0 Å². The molecule has 2 aromatic rings. The van der Waals surface area contributed by atoms with Crippen LogP contribution in [0.4, 0.5) is 0 Å². The minimum absolute atomic E-state index is 0.416. The van der Waals surface area contributed by atoms with Crippen molar-refractivity contribution in [2.45, 2.75) is 19.9 Å². The first-order valence-electron chi connectivity index (χ1n) is 4.79. The van der Waals surface area contributed by atoms with Crippen molar-refractivity contribution in [3.05, 3.63) is 42.6 Å². The van der Waals surface area contributed by atoms with Crippen molar-refractivity contribution < 1.29 is 0 Å². The molecule has 0 N–H and O–H groups in total. The van der Waals surface area contributed by atoms with E-state index in [1.54, 1.807) is 0 Å². The van der Waals surface area contributed by atoms with Crippen LogP contribution in [0.3, 0.4) is 0 Å². The molecule has 0 bridgehead atoms. The molecule has 1 aromatic heterocycles. The summed E-state index contributed by atoms with van der Waals surface area (Å²) in [6, 6.07) is 13.3. The van der Waals surface area contributed by atoms with E-state index in [1.807, 2.05) is 41.2 Å². The fourth-order valence-electron chi connectivity index (χ4n) is 1.34. The summed E-state index contributed by atoms with van der Waals surface area (Å²) in [6.07, 6.45) is 2.01. The Kier molecular flexibility index (Phi) is 2.35. The van der Waals surface area contributed by atoms with E-state index in [-0.39, 0.29) is 0 Å². The first kappa shape index (κ1) is 9.00. The Hall–Kier alpha value is -1.57. The molecule has 0 spiro atoms. The van der Waals surface area contributed by atoms with Gasteiger partial charge in [-0.2, -0.15) is 5.10 Å². The van der Waals surface area contributed by atoms with Crippen LogP contribution in [-0.2, 0) is 0 Å². The van der Waals surface area contributed by atoms with Gasteiger partial charge in [0.05, 0.1) is 5.69 Å². The largest absolute Gasteiger partial charge is 0.270 e. The van der Waals surface area contributed by atoms with Crippen molar-refractivity contribution in [2.24, 2.45) is 0 Å². The molecule has 0 saturated heterocycles. The lowest BCUT2D eigenvalue weighted by Gasteiger charge is -2.03. The van der Waals surface area contributed by atoms with E-state index >= 15 is 0 Å². The molecule has 0 aliphatic carbocycles. The maximum atomic E-state index is 4.48. The standard InChI is InChI=1S/C12H13N2/c1-10(2)14-9-8-12(13-14)11-6-4-3-5-7-11/h4-10H,1-2H3. The molecule has 0 saturated carbocycles. The molecule has 71 valence electrons. The minimum Gasteiger partial charge on any atom is -0.270 e. The van der Waals surface area contributed by atoms with Gasteiger partial charge in [0, 0.05) is 17.8 Å². The van der Waals surface area contributed by atoms with Crippen molar-refractivity contribution in [2.75, 3.05) is 0 Å². The molecule has 0 amide bonds. The lowest BCUT2D eigenvalue weighted by atomic mass is 10.2. The fourth-order valence-corrected chi connectivity index (χ4v) is 1.34. The maximum absolute atomic E-state index is 4.48. The van der Waals surface area contributed by atoms with Crippen LogP contribution < -0.4 is 0 Å². The monoisotopic (exact) mass is 185 g/mol. The third-order valence-corrected chi connectivity index (χ3v) is 2.15. The van der Waals surface area contributed by atoms with Crippen molar-refractivity contribution in [3.63, 3.8) is 0 Å². The highest BCUT2D eigenvalue weighted by atomic mass is 15.3. The van der Waals surface area contributed by atoms with E-state index in [9.17, 15) is 0 Å². The third-order valence-electron chi connectivity index (χ3n) is 2.15. The Balaban J connectivity index is 2.34. The third kappa shape index (κ3) is 1.69. The van der Waals surface area contributed by atoms with Crippen LogP contribution in [0, 0.1) is 6.07 Å². The molecule has 2 rings (SSSR count). The zero-order chi connectivity index (χ0) is 9.97. The SMILES string of the molecule is CC(C)n1ccc(-c2cc[c]cc2)n1. The first-order chi connectivity index (χ1) is 6.77. The molecular weight excluding hydrogens is 172 g/mol. The predicted molar refractivity (Wildman–Crippen MR) is 56.9 cm³/mol. The second-order valence-electron chi connectivity index (χ2n) is 3.56. The van der Waals surface area contributed by atoms with Crippen LogP contribution in [0.2, 0.25) is 0 Å². The van der Waals surface area contributed by atoms with Gasteiger partial charge in [-0.25, -0.2) is 0 Å². The van der Waals surface area contributed by atoms with Crippen LogP contribution in [-0.4, -0.2) is 9.78 Å². The molecule has 1 heterocycles. The van der Waals surface area contributed by atoms with Gasteiger partial charge in [0.25, 0.3) is 0 Å². The Morgan fingerprint density at radius 1 is 1.21 bits per heavy atom. The van der Waals surface area contributed by atoms with Crippen LogP contribution in [0.25, 0.3) is 11.3 Å². The van der Waals surface area contributed by atoms with Gasteiger partial charge in [0.1, 0.15) is 0 Å². The van der Waals surface area contributed by atoms with Crippen molar-refractivity contribution in [3.8, 4) is 11.3 Å². The van der Waals surface area contributed by atoms with Crippen LogP contribution >= 0.6 is 0 Å². The highest BCUT2D eigenvalue weighted by Crippen LogP contribution is 2.17. The minimum atomic E-state index is 0.416. The van der Waals surface area contributed by atoms with Gasteiger partial charge in [-0.15, -0.1) is 0 Å². The quantitative estimate of drug-likeness (QED) is 0.703. The Labute approximate surface area is 84.2 Å². The van der Waals surface area contributed by atoms with E-state index < -0.39 is 0 Å². The smallest absolute Gasteiger partial charge is 0.0923 e. The summed E-state index contributed by atoms with van der Waals surface area (Å²) < 4.78 is 1.96. The number of hydrogen-bond donors (Lipinski definition) is 0. The average molecular weight is 185 g/mol. The van der Waals surface area contributed by atoms with Gasteiger partial charge in [0.2, 0.25) is 0 Å². The molecule has 1 aromatic carbocycles. The highest BCUT2D eigenvalue weighted by Gasteiger charge is 2.02. The average Bonchev–Trinajstić information content (AvgIpc) is 2.68. The van der Waals surface area contributed by atoms with E-state index in [0.29, 0.717) is 6.04 Å². The Morgan fingerprint density at radius 3 is 2.50 bits per heavy atom. The lowest BCUT2D eigenvalue weighted by Crippen LogP contribution is -2.00. The molecule has 2 heteroatoms. The molecule has 0 atom stereocenters. The van der Waals surface area contributed by atoms with E-state index in [1.165, 1.54) is 0 Å². The predicted octanol–water partition coefficient (Wildman–Crippen LogP) is 2.93. The number of nitrogens with zero attached hydrogens (tertiary/aromatic N) is 2. The summed E-state index contributed by atoms with van der Waals surface area (Å²) in [5, 5.41) is 4.48. The van der Waals surface area contributed by atoms with Gasteiger partial charge < -0.3 is 0 Å². The fraction of sp³-hybridized carbons (Fsp3) is 0.250. The van der Waals surface area contributed by atoms with Crippen LogP contribution in [0.1, 0.15) is 19.9 Å². The van der Waals surface area contributed by atoms with Gasteiger partial charge in [-0.1, -0.05) is 24.3 Å². The van der Waals surface area contributed by atoms with Crippen LogP contribution in [0.15, 0.2) is 36.5 Å². The summed E-state index contributed by atoms with van der Waals surface area (Å²) in [5.41, 5.74) is 2.16. The molecule has 2 nitrogen and oxygen atoms in total. The summed E-state index contributed by atoms with van der Waals surface area (Å²) in [6.45, 7) is 4.24. The molecule has 0 unspecified atom stereocenters. The highest BCUT2D eigenvalue weighted by molar-refractivity contribution is 5.57. The first-order valence-corrected chi connectivity index (χ1v) is 4.79. The Morgan fingerprint density at radius 2 is 1.93 bits per heavy atom. The van der Waals surface area contributed by atoms with Crippen molar-refractivity contribution in [1.29, 1.82) is 0 Å². The van der Waals surface area contributed by atoms with Gasteiger partial charge in [-0.05, 0) is 26.0 Å². The molecule has 14 heavy (non-hydrogen) atoms. The summed E-state index contributed by atoms with van der Waals surface area (Å²) in [5.74, 6) is 0. The van der Waals surface area contributed by atoms with Crippen LogP contribution in [0.5, 0.6) is 0 Å². The Bertz CT molecular complexity index is 401. The lowest BCUT2D eigenvalue weighted by molar-refractivity contribution is 0.534. The second kappa shape index (κ2) is 3.66. The molecular formula is C12H13N2. The summed E-state index contributed by atoms with van der Waals surface area (Å²) in [7, 11) is 0. The van der Waals surface area contributed by atoms with Crippen molar-refractivity contribution in [1.82, 2.24) is 9.78 Å². The number of rotatable bonds is 2.